The van der Waals surface area contributed by atoms with Gasteiger partial charge in [-0.15, -0.1) is 0 Å². The maximum atomic E-state index is 12.3. The van der Waals surface area contributed by atoms with Crippen molar-refractivity contribution in [2.24, 2.45) is 0 Å². The first kappa shape index (κ1) is 19.0. The Hall–Kier alpha value is -2.82. The van der Waals surface area contributed by atoms with Gasteiger partial charge in [0, 0.05) is 24.3 Å². The highest BCUT2D eigenvalue weighted by atomic mass is 16.5. The van der Waals surface area contributed by atoms with Gasteiger partial charge in [-0.1, -0.05) is 37.5 Å². The van der Waals surface area contributed by atoms with E-state index in [1.54, 1.807) is 36.4 Å². The average molecular weight is 366 g/mol. The first-order valence-electron chi connectivity index (χ1n) is 9.48. The zero-order valence-electron chi connectivity index (χ0n) is 15.7. The summed E-state index contributed by atoms with van der Waals surface area (Å²) in [6.45, 7) is 0.0305. The van der Waals surface area contributed by atoms with Crippen molar-refractivity contribution in [3.63, 3.8) is 0 Å². The van der Waals surface area contributed by atoms with Gasteiger partial charge in [0.2, 0.25) is 0 Å². The van der Waals surface area contributed by atoms with Gasteiger partial charge in [0.15, 0.2) is 6.61 Å². The zero-order valence-corrected chi connectivity index (χ0v) is 15.7. The molecule has 0 radical (unpaired) electrons. The number of nitrogens with zero attached hydrogens (tertiary/aromatic N) is 1. The third kappa shape index (κ3) is 5.33. The second-order valence-electron chi connectivity index (χ2n) is 6.93. The number of ether oxygens (including phenoxy) is 1. The number of rotatable bonds is 6. The predicted octanol–water partition coefficient (Wildman–Crippen LogP) is 4.11. The maximum Gasteiger partial charge on any atom is 0.260 e. The van der Waals surface area contributed by atoms with Crippen molar-refractivity contribution in [3.8, 4) is 5.75 Å². The van der Waals surface area contributed by atoms with Gasteiger partial charge < -0.3 is 15.0 Å². The molecular weight excluding hydrogens is 340 g/mol. The molecule has 1 saturated carbocycles. The van der Waals surface area contributed by atoms with Gasteiger partial charge in [0.1, 0.15) is 5.75 Å². The van der Waals surface area contributed by atoms with Gasteiger partial charge in [-0.05, 0) is 49.2 Å². The fourth-order valence-electron chi connectivity index (χ4n) is 3.35. The molecule has 1 aliphatic carbocycles. The van der Waals surface area contributed by atoms with Gasteiger partial charge in [-0.25, -0.2) is 0 Å². The number of amides is 2. The largest absolute Gasteiger partial charge is 0.484 e. The van der Waals surface area contributed by atoms with Crippen molar-refractivity contribution in [2.75, 3.05) is 19.0 Å². The topological polar surface area (TPSA) is 58.6 Å². The lowest BCUT2D eigenvalue weighted by molar-refractivity contribution is -0.134. The molecule has 27 heavy (non-hydrogen) atoms. The third-order valence-corrected chi connectivity index (χ3v) is 5.03. The van der Waals surface area contributed by atoms with E-state index in [4.69, 9.17) is 4.74 Å². The summed E-state index contributed by atoms with van der Waals surface area (Å²) in [6, 6.07) is 16.4. The molecule has 5 nitrogen and oxygen atoms in total. The van der Waals surface area contributed by atoms with Crippen molar-refractivity contribution in [2.45, 2.75) is 38.1 Å². The lowest BCUT2D eigenvalue weighted by Crippen LogP contribution is -2.40. The highest BCUT2D eigenvalue weighted by molar-refractivity contribution is 6.04. The van der Waals surface area contributed by atoms with Crippen molar-refractivity contribution in [3.05, 3.63) is 60.2 Å². The molecule has 0 bridgehead atoms. The Morgan fingerprint density at radius 2 is 1.67 bits per heavy atom. The van der Waals surface area contributed by atoms with Crippen molar-refractivity contribution in [1.82, 2.24) is 4.90 Å². The molecule has 1 N–H and O–H groups in total. The number of likely N-dealkylation sites (N-methyl/N-ethyl adjacent to an activating group) is 1. The fraction of sp³-hybridized carbons (Fsp3) is 0.364. The van der Waals surface area contributed by atoms with Crippen LogP contribution in [0.25, 0.3) is 0 Å². The molecule has 0 heterocycles. The standard InChI is InChI=1S/C22H26N2O3/c1-24(19-10-6-3-7-11-19)21(25)16-27-20-14-12-18(13-15-20)23-22(26)17-8-4-2-5-9-17/h2,4-5,8-9,12-15,19H,3,6-7,10-11,16H2,1H3,(H,23,26). The Morgan fingerprint density at radius 1 is 1.00 bits per heavy atom. The van der Waals surface area contributed by atoms with Crippen LogP contribution in [-0.2, 0) is 4.79 Å². The molecule has 2 aromatic carbocycles. The Bertz CT molecular complexity index is 753. The lowest BCUT2D eigenvalue weighted by atomic mass is 9.94. The Morgan fingerprint density at radius 3 is 2.33 bits per heavy atom. The second-order valence-corrected chi connectivity index (χ2v) is 6.93. The smallest absolute Gasteiger partial charge is 0.260 e. The Balaban J connectivity index is 1.48. The van der Waals surface area contributed by atoms with Crippen LogP contribution < -0.4 is 10.1 Å². The van der Waals surface area contributed by atoms with Crippen LogP contribution in [0.4, 0.5) is 5.69 Å². The summed E-state index contributed by atoms with van der Waals surface area (Å²) in [5.74, 6) is 0.454. The summed E-state index contributed by atoms with van der Waals surface area (Å²) in [5, 5.41) is 2.84. The van der Waals surface area contributed by atoms with Gasteiger partial charge >= 0.3 is 0 Å². The van der Waals surface area contributed by atoms with E-state index in [0.717, 1.165) is 12.8 Å². The summed E-state index contributed by atoms with van der Waals surface area (Å²) >= 11 is 0. The van der Waals surface area contributed by atoms with Crippen molar-refractivity contribution >= 4 is 17.5 Å². The second kappa shape index (κ2) is 9.21. The van der Waals surface area contributed by atoms with Crippen LogP contribution in [0.3, 0.4) is 0 Å². The molecule has 2 amide bonds. The van der Waals surface area contributed by atoms with Gasteiger partial charge in [0.05, 0.1) is 0 Å². The van der Waals surface area contributed by atoms with Crippen LogP contribution in [0.2, 0.25) is 0 Å². The first-order chi connectivity index (χ1) is 13.1. The maximum absolute atomic E-state index is 12.3. The van der Waals surface area contributed by atoms with E-state index in [9.17, 15) is 9.59 Å². The van der Waals surface area contributed by atoms with E-state index < -0.39 is 0 Å². The normalized spacial score (nSPS) is 14.4. The van der Waals surface area contributed by atoms with Crippen LogP contribution in [0.5, 0.6) is 5.75 Å². The van der Waals surface area contributed by atoms with Gasteiger partial charge in [0.25, 0.3) is 11.8 Å². The molecule has 1 aliphatic rings. The Kier molecular flexibility index (Phi) is 6.47. The predicted molar refractivity (Wildman–Crippen MR) is 106 cm³/mol. The molecule has 0 unspecified atom stereocenters. The SMILES string of the molecule is CN(C(=O)COc1ccc(NC(=O)c2ccccc2)cc1)C1CCCCC1. The first-order valence-corrected chi connectivity index (χ1v) is 9.48. The number of anilines is 1. The molecule has 0 spiro atoms. The molecule has 0 aliphatic heterocycles. The van der Waals surface area contributed by atoms with E-state index in [1.165, 1.54) is 19.3 Å². The highest BCUT2D eigenvalue weighted by Crippen LogP contribution is 2.22. The van der Waals surface area contributed by atoms with E-state index >= 15 is 0 Å². The minimum Gasteiger partial charge on any atom is -0.484 e. The van der Waals surface area contributed by atoms with Crippen LogP contribution in [0, 0.1) is 0 Å². The molecule has 0 aromatic heterocycles. The Labute approximate surface area is 160 Å². The van der Waals surface area contributed by atoms with Crippen molar-refractivity contribution < 1.29 is 14.3 Å². The summed E-state index contributed by atoms with van der Waals surface area (Å²) in [6.07, 6.45) is 5.82. The molecule has 0 saturated heterocycles. The number of carbonyl (C=O) groups excluding carboxylic acids is 2. The van der Waals surface area contributed by atoms with Crippen LogP contribution in [-0.4, -0.2) is 36.4 Å². The number of carbonyl (C=O) groups is 2. The molecular formula is C22H26N2O3. The van der Waals surface area contributed by atoms with Crippen molar-refractivity contribution in [1.29, 1.82) is 0 Å². The zero-order chi connectivity index (χ0) is 19.1. The van der Waals surface area contributed by atoms with Gasteiger partial charge in [-0.3, -0.25) is 9.59 Å². The molecule has 1 fully saturated rings. The summed E-state index contributed by atoms with van der Waals surface area (Å²) in [7, 11) is 1.86. The van der Waals surface area contributed by atoms with Gasteiger partial charge in [-0.2, -0.15) is 0 Å². The number of nitrogens with one attached hydrogen (secondary N) is 1. The fourth-order valence-corrected chi connectivity index (χ4v) is 3.35. The quantitative estimate of drug-likeness (QED) is 0.837. The molecule has 3 rings (SSSR count). The molecule has 0 atom stereocenters. The van der Waals surface area contributed by atoms with E-state index in [2.05, 4.69) is 5.32 Å². The number of hydrogen-bond donors (Lipinski definition) is 1. The summed E-state index contributed by atoms with van der Waals surface area (Å²) < 4.78 is 5.62. The molecule has 5 heteroatoms. The van der Waals surface area contributed by atoms with E-state index in [-0.39, 0.29) is 18.4 Å². The lowest BCUT2D eigenvalue weighted by Gasteiger charge is -2.31. The summed E-state index contributed by atoms with van der Waals surface area (Å²) in [5.41, 5.74) is 1.29. The minimum atomic E-state index is -0.159. The van der Waals surface area contributed by atoms with E-state index in [1.807, 2.05) is 30.1 Å². The van der Waals surface area contributed by atoms with Crippen LogP contribution >= 0.6 is 0 Å². The monoisotopic (exact) mass is 366 g/mol. The number of benzene rings is 2. The minimum absolute atomic E-state index is 0.00311. The summed E-state index contributed by atoms with van der Waals surface area (Å²) in [4.78, 5) is 26.3. The van der Waals surface area contributed by atoms with Crippen LogP contribution in [0.15, 0.2) is 54.6 Å². The van der Waals surface area contributed by atoms with E-state index in [0.29, 0.717) is 23.0 Å². The molecule has 2 aromatic rings. The molecule has 142 valence electrons. The highest BCUT2D eigenvalue weighted by Gasteiger charge is 2.22. The van der Waals surface area contributed by atoms with Crippen LogP contribution in [0.1, 0.15) is 42.5 Å². The number of hydrogen-bond acceptors (Lipinski definition) is 3. The third-order valence-electron chi connectivity index (χ3n) is 5.03. The average Bonchev–Trinajstić information content (AvgIpc) is 2.73.